The van der Waals surface area contributed by atoms with E-state index in [1.807, 2.05) is 12.1 Å². The molecule has 1 unspecified atom stereocenters. The van der Waals surface area contributed by atoms with Gasteiger partial charge in [0.2, 0.25) is 0 Å². The van der Waals surface area contributed by atoms with Gasteiger partial charge in [0, 0.05) is 36.0 Å². The lowest BCUT2D eigenvalue weighted by molar-refractivity contribution is 0.103. The molecule has 0 saturated heterocycles. The van der Waals surface area contributed by atoms with Gasteiger partial charge in [-0.3, -0.25) is 9.69 Å². The number of thiophene rings is 1. The smallest absolute Gasteiger partial charge is 0.196 e. The van der Waals surface area contributed by atoms with Crippen molar-refractivity contribution >= 4 is 45.3 Å². The molecule has 1 aromatic heterocycles. The Morgan fingerprint density at radius 2 is 1.89 bits per heavy atom. The second-order valence-electron chi connectivity index (χ2n) is 7.07. The standard InChI is InChI=1S/C21H16Cl2N2OS/c22-15-6-12-13(7-16(15)23)20(26)19-18-14(12)9-25(10-17(18)27-21(19)24)8-11-4-2-1-3-5-11/h1-7,14H,8-10,24H2. The van der Waals surface area contributed by atoms with Crippen LogP contribution < -0.4 is 5.73 Å². The van der Waals surface area contributed by atoms with Gasteiger partial charge in [-0.25, -0.2) is 0 Å². The fraction of sp³-hybridized carbons (Fsp3) is 0.190. The van der Waals surface area contributed by atoms with Gasteiger partial charge in [0.25, 0.3) is 0 Å². The van der Waals surface area contributed by atoms with Crippen LogP contribution >= 0.6 is 34.5 Å². The van der Waals surface area contributed by atoms with E-state index in [0.717, 1.165) is 30.8 Å². The normalized spacial score (nSPS) is 18.3. The van der Waals surface area contributed by atoms with Crippen molar-refractivity contribution in [3.63, 3.8) is 0 Å². The molecule has 1 aliphatic heterocycles. The van der Waals surface area contributed by atoms with Crippen molar-refractivity contribution in [3.05, 3.63) is 85.2 Å². The number of nitrogen functional groups attached to an aromatic ring is 1. The fourth-order valence-corrected chi connectivity index (χ4v) is 5.75. The number of nitrogens with zero attached hydrogens (tertiary/aromatic N) is 1. The molecule has 0 saturated carbocycles. The van der Waals surface area contributed by atoms with Crippen LogP contribution in [-0.2, 0) is 13.1 Å². The molecule has 2 aliphatic rings. The Morgan fingerprint density at radius 3 is 2.67 bits per heavy atom. The van der Waals surface area contributed by atoms with Gasteiger partial charge in [0.05, 0.1) is 20.6 Å². The van der Waals surface area contributed by atoms with Crippen LogP contribution in [0, 0.1) is 0 Å². The lowest BCUT2D eigenvalue weighted by Gasteiger charge is -2.36. The van der Waals surface area contributed by atoms with E-state index in [9.17, 15) is 4.79 Å². The molecule has 0 bridgehead atoms. The van der Waals surface area contributed by atoms with Gasteiger partial charge in [0.15, 0.2) is 5.78 Å². The lowest BCUT2D eigenvalue weighted by Crippen LogP contribution is -2.36. The number of hydrogen-bond donors (Lipinski definition) is 1. The summed E-state index contributed by atoms with van der Waals surface area (Å²) in [6.45, 7) is 2.48. The summed E-state index contributed by atoms with van der Waals surface area (Å²) in [5, 5.41) is 1.49. The van der Waals surface area contributed by atoms with Crippen LogP contribution in [0.15, 0.2) is 42.5 Å². The van der Waals surface area contributed by atoms with Gasteiger partial charge in [-0.1, -0.05) is 53.5 Å². The minimum Gasteiger partial charge on any atom is -0.390 e. The molecule has 3 nitrogen and oxygen atoms in total. The Hall–Kier alpha value is -1.85. The third kappa shape index (κ3) is 2.71. The first-order valence-corrected chi connectivity index (χ1v) is 10.3. The number of carbonyl (C=O) groups excluding carboxylic acids is 1. The lowest BCUT2D eigenvalue weighted by atomic mass is 9.76. The molecular weight excluding hydrogens is 399 g/mol. The first-order chi connectivity index (χ1) is 13.0. The Balaban J connectivity index is 1.62. The summed E-state index contributed by atoms with van der Waals surface area (Å²) in [6.07, 6.45) is 0. The topological polar surface area (TPSA) is 46.3 Å². The van der Waals surface area contributed by atoms with Gasteiger partial charge >= 0.3 is 0 Å². The predicted octanol–water partition coefficient (Wildman–Crippen LogP) is 5.33. The first kappa shape index (κ1) is 17.3. The molecule has 136 valence electrons. The predicted molar refractivity (Wildman–Crippen MR) is 111 cm³/mol. The molecule has 2 N–H and O–H groups in total. The summed E-state index contributed by atoms with van der Waals surface area (Å²) in [4.78, 5) is 16.7. The van der Waals surface area contributed by atoms with E-state index in [4.69, 9.17) is 28.9 Å². The molecule has 0 spiro atoms. The molecule has 6 heteroatoms. The van der Waals surface area contributed by atoms with E-state index in [1.54, 1.807) is 6.07 Å². The molecule has 2 aromatic carbocycles. The number of carbonyl (C=O) groups is 1. The highest BCUT2D eigenvalue weighted by Crippen LogP contribution is 2.49. The van der Waals surface area contributed by atoms with Crippen LogP contribution in [0.2, 0.25) is 10.0 Å². The quantitative estimate of drug-likeness (QED) is 0.616. The Bertz CT molecular complexity index is 1080. The van der Waals surface area contributed by atoms with Gasteiger partial charge in [-0.15, -0.1) is 11.3 Å². The highest BCUT2D eigenvalue weighted by molar-refractivity contribution is 7.16. The number of anilines is 1. The monoisotopic (exact) mass is 414 g/mol. The van der Waals surface area contributed by atoms with E-state index in [2.05, 4.69) is 29.2 Å². The van der Waals surface area contributed by atoms with Crippen LogP contribution in [0.5, 0.6) is 0 Å². The molecule has 0 amide bonds. The highest BCUT2D eigenvalue weighted by Gasteiger charge is 2.40. The Kier molecular flexibility index (Phi) is 4.06. The molecule has 0 radical (unpaired) electrons. The number of benzene rings is 2. The summed E-state index contributed by atoms with van der Waals surface area (Å²) in [5.41, 5.74) is 10.9. The minimum atomic E-state index is -0.0358. The third-order valence-electron chi connectivity index (χ3n) is 5.39. The Morgan fingerprint density at radius 1 is 1.15 bits per heavy atom. The van der Waals surface area contributed by atoms with Crippen molar-refractivity contribution in [3.8, 4) is 0 Å². The summed E-state index contributed by atoms with van der Waals surface area (Å²) < 4.78 is 0. The van der Waals surface area contributed by atoms with Crippen molar-refractivity contribution < 1.29 is 4.79 Å². The number of rotatable bonds is 2. The summed E-state index contributed by atoms with van der Waals surface area (Å²) in [6, 6.07) is 14.0. The zero-order chi connectivity index (χ0) is 18.7. The van der Waals surface area contributed by atoms with Crippen LogP contribution in [0.1, 0.15) is 43.4 Å². The van der Waals surface area contributed by atoms with E-state index < -0.39 is 0 Å². The summed E-state index contributed by atoms with van der Waals surface area (Å²) in [7, 11) is 0. The summed E-state index contributed by atoms with van der Waals surface area (Å²) >= 11 is 14.0. The SMILES string of the molecule is Nc1sc2c3c1C(=O)c1cc(Cl)c(Cl)cc1C3CN(Cc1ccccc1)C2. The molecule has 1 aliphatic carbocycles. The van der Waals surface area contributed by atoms with Crippen molar-refractivity contribution in [1.29, 1.82) is 0 Å². The number of nitrogens with two attached hydrogens (primary N) is 1. The van der Waals surface area contributed by atoms with Crippen LogP contribution in [0.4, 0.5) is 5.00 Å². The maximum absolute atomic E-state index is 13.1. The number of ketones is 1. The van der Waals surface area contributed by atoms with E-state index in [-0.39, 0.29) is 11.7 Å². The third-order valence-corrected chi connectivity index (χ3v) is 7.14. The minimum absolute atomic E-state index is 0.0358. The number of fused-ring (bicyclic) bond motifs is 2. The average molecular weight is 415 g/mol. The highest BCUT2D eigenvalue weighted by atomic mass is 35.5. The maximum atomic E-state index is 13.1. The molecule has 5 rings (SSSR count). The number of hydrogen-bond acceptors (Lipinski definition) is 4. The van der Waals surface area contributed by atoms with Gasteiger partial charge in [0.1, 0.15) is 0 Å². The van der Waals surface area contributed by atoms with Crippen LogP contribution in [0.25, 0.3) is 0 Å². The van der Waals surface area contributed by atoms with E-state index in [0.29, 0.717) is 26.2 Å². The molecule has 0 fully saturated rings. The van der Waals surface area contributed by atoms with Crippen molar-refractivity contribution in [1.82, 2.24) is 4.90 Å². The number of halogens is 2. The molecule has 2 heterocycles. The maximum Gasteiger partial charge on any atom is 0.196 e. The zero-order valence-corrected chi connectivity index (χ0v) is 16.7. The molecular formula is C21H16Cl2N2OS. The summed E-state index contributed by atoms with van der Waals surface area (Å²) in [5.74, 6) is 0.0507. The molecule has 3 aromatic rings. The van der Waals surface area contributed by atoms with E-state index in [1.165, 1.54) is 21.8 Å². The van der Waals surface area contributed by atoms with Gasteiger partial charge in [-0.2, -0.15) is 0 Å². The van der Waals surface area contributed by atoms with Gasteiger partial charge < -0.3 is 5.73 Å². The van der Waals surface area contributed by atoms with Crippen molar-refractivity contribution in [2.75, 3.05) is 12.3 Å². The average Bonchev–Trinajstić information content (AvgIpc) is 2.98. The zero-order valence-electron chi connectivity index (χ0n) is 14.3. The fourth-order valence-electron chi connectivity index (χ4n) is 4.25. The van der Waals surface area contributed by atoms with E-state index >= 15 is 0 Å². The molecule has 1 atom stereocenters. The van der Waals surface area contributed by atoms with Crippen LogP contribution in [-0.4, -0.2) is 17.2 Å². The van der Waals surface area contributed by atoms with Crippen molar-refractivity contribution in [2.24, 2.45) is 0 Å². The Labute approximate surface area is 171 Å². The largest absolute Gasteiger partial charge is 0.390 e. The first-order valence-electron chi connectivity index (χ1n) is 8.74. The molecule has 27 heavy (non-hydrogen) atoms. The second kappa shape index (κ2) is 6.35. The van der Waals surface area contributed by atoms with Gasteiger partial charge in [-0.05, 0) is 28.8 Å². The van der Waals surface area contributed by atoms with Crippen molar-refractivity contribution in [2.45, 2.75) is 19.0 Å². The van der Waals surface area contributed by atoms with Crippen LogP contribution in [0.3, 0.4) is 0 Å². The second-order valence-corrected chi connectivity index (χ2v) is 9.02.